The number of amides is 1. The summed E-state index contributed by atoms with van der Waals surface area (Å²) in [5.41, 5.74) is -1.64. The molecule has 0 saturated carbocycles. The topological polar surface area (TPSA) is 148 Å². The largest absolute Gasteiger partial charge is 0.505 e. The minimum Gasteiger partial charge on any atom is -0.505 e. The average molecular weight is 485 g/mol. The first kappa shape index (κ1) is 24.7. The van der Waals surface area contributed by atoms with Crippen molar-refractivity contribution in [1.82, 2.24) is 0 Å². The Bertz CT molecular complexity index is 1300. The highest BCUT2D eigenvalue weighted by atomic mass is 16.7. The van der Waals surface area contributed by atoms with Gasteiger partial charge in [0, 0.05) is 18.2 Å². The van der Waals surface area contributed by atoms with Crippen LogP contribution in [0.3, 0.4) is 0 Å². The summed E-state index contributed by atoms with van der Waals surface area (Å²) in [6.45, 7) is 4.99. The average Bonchev–Trinajstić information content (AvgIpc) is 2.82. The molecule has 10 nitrogen and oxygen atoms in total. The molecule has 2 aromatic carbocycles. The maximum atomic E-state index is 12.6. The van der Waals surface area contributed by atoms with Crippen molar-refractivity contribution in [3.05, 3.63) is 64.0 Å². The molecule has 4 N–H and O–H groups in total. The van der Waals surface area contributed by atoms with Crippen molar-refractivity contribution in [2.45, 2.75) is 51.0 Å². The van der Waals surface area contributed by atoms with Crippen molar-refractivity contribution in [3.8, 4) is 11.5 Å². The normalized spacial score (nSPS) is 23.7. The molecule has 1 aromatic heterocycles. The van der Waals surface area contributed by atoms with E-state index in [-0.39, 0.29) is 22.4 Å². The number of benzene rings is 2. The minimum absolute atomic E-state index is 0.0302. The lowest BCUT2D eigenvalue weighted by molar-refractivity contribution is -0.306. The molecule has 10 heteroatoms. The first-order valence-electron chi connectivity index (χ1n) is 10.9. The Kier molecular flexibility index (Phi) is 6.56. The third-order valence-electron chi connectivity index (χ3n) is 6.06. The van der Waals surface area contributed by atoms with E-state index in [1.54, 1.807) is 51.1 Å². The molecule has 1 fully saturated rings. The second-order valence-electron chi connectivity index (χ2n) is 8.84. The number of methoxy groups -OCH3 is 1. The number of nitrogens with one attached hydrogen (secondary N) is 1. The van der Waals surface area contributed by atoms with Crippen molar-refractivity contribution in [1.29, 1.82) is 0 Å². The van der Waals surface area contributed by atoms with Gasteiger partial charge in [0.05, 0.1) is 11.0 Å². The van der Waals surface area contributed by atoms with Gasteiger partial charge in [0.1, 0.15) is 29.6 Å². The Morgan fingerprint density at radius 1 is 1.09 bits per heavy atom. The van der Waals surface area contributed by atoms with Gasteiger partial charge < -0.3 is 39.3 Å². The van der Waals surface area contributed by atoms with E-state index >= 15 is 0 Å². The van der Waals surface area contributed by atoms with Gasteiger partial charge in [-0.1, -0.05) is 18.2 Å². The van der Waals surface area contributed by atoms with Crippen LogP contribution in [0, 0.1) is 6.92 Å². The Labute approximate surface area is 200 Å². The molecule has 4 rings (SSSR count). The molecule has 0 radical (unpaired) electrons. The molecular weight excluding hydrogens is 458 g/mol. The minimum atomic E-state index is -1.42. The Balaban J connectivity index is 1.65. The van der Waals surface area contributed by atoms with Crippen molar-refractivity contribution in [3.63, 3.8) is 0 Å². The van der Waals surface area contributed by atoms with E-state index in [4.69, 9.17) is 18.6 Å². The fraction of sp³-hybridized carbons (Fsp3) is 0.360. The lowest BCUT2D eigenvalue weighted by atomic mass is 9.89. The molecule has 1 aliphatic rings. The van der Waals surface area contributed by atoms with Gasteiger partial charge in [-0.2, -0.15) is 0 Å². The highest BCUT2D eigenvalue weighted by molar-refractivity contribution is 6.06. The standard InChI is InChI=1S/C25H27NO9/c1-12-15(33-24-19(29)18(28)21(32-4)25(2,3)35-24)11-10-14-17(27)16(23(31)34-20(12)14)26-22(30)13-8-6-5-7-9-13/h5-11,18-19,21,24,27-29H,1-4H3,(H,26,30)/t18-,19-,21-,24-/m1/s1. The Morgan fingerprint density at radius 3 is 2.43 bits per heavy atom. The number of aliphatic hydroxyl groups is 2. The van der Waals surface area contributed by atoms with Gasteiger partial charge in [0.2, 0.25) is 6.29 Å². The number of ether oxygens (including phenoxy) is 3. The number of rotatable bonds is 5. The lowest BCUT2D eigenvalue weighted by Crippen LogP contribution is -2.63. The Hall–Kier alpha value is -3.44. The second-order valence-corrected chi connectivity index (χ2v) is 8.84. The summed E-state index contributed by atoms with van der Waals surface area (Å²) in [5, 5.41) is 34.3. The van der Waals surface area contributed by atoms with Crippen LogP contribution in [0.5, 0.6) is 11.5 Å². The van der Waals surface area contributed by atoms with E-state index in [0.717, 1.165) is 0 Å². The molecule has 1 saturated heterocycles. The summed E-state index contributed by atoms with van der Waals surface area (Å²) in [7, 11) is 1.41. The van der Waals surface area contributed by atoms with E-state index in [2.05, 4.69) is 5.32 Å². The predicted molar refractivity (Wildman–Crippen MR) is 126 cm³/mol. The molecule has 0 unspecified atom stereocenters. The van der Waals surface area contributed by atoms with Gasteiger partial charge in [-0.15, -0.1) is 0 Å². The summed E-state index contributed by atoms with van der Waals surface area (Å²) in [5.74, 6) is -0.837. The summed E-state index contributed by atoms with van der Waals surface area (Å²) in [6, 6.07) is 11.2. The van der Waals surface area contributed by atoms with Gasteiger partial charge >= 0.3 is 5.63 Å². The molecule has 0 bridgehead atoms. The number of anilines is 1. The van der Waals surface area contributed by atoms with Crippen molar-refractivity contribution >= 4 is 22.6 Å². The van der Waals surface area contributed by atoms with Crippen molar-refractivity contribution in [2.75, 3.05) is 12.4 Å². The molecule has 1 amide bonds. The third-order valence-corrected chi connectivity index (χ3v) is 6.06. The van der Waals surface area contributed by atoms with Crippen molar-refractivity contribution in [2.24, 2.45) is 0 Å². The van der Waals surface area contributed by atoms with Crippen molar-refractivity contribution < 1.29 is 38.7 Å². The van der Waals surface area contributed by atoms with Crippen LogP contribution in [0.15, 0.2) is 51.7 Å². The number of hydrogen-bond acceptors (Lipinski definition) is 9. The van der Waals surface area contributed by atoms with Crippen LogP contribution >= 0.6 is 0 Å². The van der Waals surface area contributed by atoms with Gasteiger partial charge in [-0.25, -0.2) is 4.79 Å². The van der Waals surface area contributed by atoms with Gasteiger partial charge in [-0.05, 0) is 45.0 Å². The van der Waals surface area contributed by atoms with Gasteiger partial charge in [-0.3, -0.25) is 4.79 Å². The van der Waals surface area contributed by atoms with Crippen LogP contribution in [0.1, 0.15) is 29.8 Å². The number of aryl methyl sites for hydroxylation is 1. The maximum absolute atomic E-state index is 12.6. The molecule has 35 heavy (non-hydrogen) atoms. The predicted octanol–water partition coefficient (Wildman–Crippen LogP) is 2.31. The summed E-state index contributed by atoms with van der Waals surface area (Å²) < 4.78 is 22.3. The highest BCUT2D eigenvalue weighted by Crippen LogP contribution is 2.37. The molecular formula is C25H27NO9. The SMILES string of the molecule is CO[C@@H]1[C@H](O)[C@@H](O)[C@H](Oc2ccc3c(O)c(NC(=O)c4ccccc4)c(=O)oc3c2C)OC1(C)C. The van der Waals surface area contributed by atoms with E-state index in [1.807, 2.05) is 0 Å². The number of hydrogen-bond donors (Lipinski definition) is 4. The van der Waals surface area contributed by atoms with Crippen LogP contribution in [0.25, 0.3) is 11.0 Å². The van der Waals surface area contributed by atoms with Crippen LogP contribution in [-0.4, -0.2) is 58.5 Å². The number of carbonyl (C=O) groups excluding carboxylic acids is 1. The highest BCUT2D eigenvalue weighted by Gasteiger charge is 2.50. The van der Waals surface area contributed by atoms with Gasteiger partial charge in [0.25, 0.3) is 5.91 Å². The number of aromatic hydroxyl groups is 1. The molecule has 2 heterocycles. The molecule has 1 aliphatic heterocycles. The molecule has 3 aromatic rings. The second kappa shape index (κ2) is 9.31. The van der Waals surface area contributed by atoms with E-state index in [0.29, 0.717) is 11.1 Å². The maximum Gasteiger partial charge on any atom is 0.364 e. The van der Waals surface area contributed by atoms with E-state index in [9.17, 15) is 24.9 Å². The Morgan fingerprint density at radius 2 is 1.77 bits per heavy atom. The van der Waals surface area contributed by atoms with Crippen LogP contribution < -0.4 is 15.7 Å². The zero-order chi connectivity index (χ0) is 25.5. The zero-order valence-electron chi connectivity index (χ0n) is 19.6. The van der Waals surface area contributed by atoms with Crippen LogP contribution in [0.2, 0.25) is 0 Å². The van der Waals surface area contributed by atoms with Crippen LogP contribution in [0.4, 0.5) is 5.69 Å². The molecule has 4 atom stereocenters. The summed E-state index contributed by atoms with van der Waals surface area (Å²) in [4.78, 5) is 25.1. The lowest BCUT2D eigenvalue weighted by Gasteiger charge is -2.46. The molecule has 0 spiro atoms. The fourth-order valence-corrected chi connectivity index (χ4v) is 4.21. The first-order valence-corrected chi connectivity index (χ1v) is 10.9. The van der Waals surface area contributed by atoms with Crippen LogP contribution in [-0.2, 0) is 9.47 Å². The first-order chi connectivity index (χ1) is 16.5. The summed E-state index contributed by atoms with van der Waals surface area (Å²) >= 11 is 0. The van der Waals surface area contributed by atoms with Gasteiger partial charge in [0.15, 0.2) is 11.4 Å². The fourth-order valence-electron chi connectivity index (χ4n) is 4.21. The smallest absolute Gasteiger partial charge is 0.364 e. The summed E-state index contributed by atoms with van der Waals surface area (Å²) in [6.07, 6.45) is -4.71. The molecule has 0 aliphatic carbocycles. The monoisotopic (exact) mass is 485 g/mol. The van der Waals surface area contributed by atoms with E-state index in [1.165, 1.54) is 19.2 Å². The molecule has 186 valence electrons. The van der Waals surface area contributed by atoms with E-state index < -0.39 is 47.5 Å². The quantitative estimate of drug-likeness (QED) is 0.400. The third kappa shape index (κ3) is 4.48. The number of fused-ring (bicyclic) bond motifs is 1. The number of carbonyl (C=O) groups is 1. The number of aliphatic hydroxyl groups excluding tert-OH is 2. The zero-order valence-corrected chi connectivity index (χ0v) is 19.6.